The maximum absolute atomic E-state index is 6.11. The van der Waals surface area contributed by atoms with Crippen LogP contribution in [0.25, 0.3) is 0 Å². The third kappa shape index (κ3) is 2.09. The van der Waals surface area contributed by atoms with Gasteiger partial charge in [-0.05, 0) is 31.9 Å². The van der Waals surface area contributed by atoms with Crippen molar-refractivity contribution in [1.82, 2.24) is 0 Å². The number of anilines is 1. The lowest BCUT2D eigenvalue weighted by Crippen LogP contribution is -2.51. The lowest BCUT2D eigenvalue weighted by Gasteiger charge is -2.38. The first-order chi connectivity index (χ1) is 8.63. The molecule has 0 spiro atoms. The molecule has 3 nitrogen and oxygen atoms in total. The number of rotatable bonds is 4. The van der Waals surface area contributed by atoms with Crippen LogP contribution in [0.5, 0.6) is 0 Å². The van der Waals surface area contributed by atoms with Crippen molar-refractivity contribution in [2.24, 2.45) is 10.7 Å². The van der Waals surface area contributed by atoms with Crippen LogP contribution in [0.4, 0.5) is 5.69 Å². The van der Waals surface area contributed by atoms with Crippen LogP contribution in [0, 0.1) is 6.92 Å². The lowest BCUT2D eigenvalue weighted by atomic mass is 9.89. The second-order valence-electron chi connectivity index (χ2n) is 5.17. The normalized spacial score (nSPS) is 23.3. The SMILES string of the molecule is CCCC1(CC)CN=C(N)N1c1ccc(C)cc1. The molecule has 0 saturated carbocycles. The van der Waals surface area contributed by atoms with Gasteiger partial charge < -0.3 is 10.6 Å². The lowest BCUT2D eigenvalue weighted by molar-refractivity contribution is 0.404. The molecule has 0 saturated heterocycles. The molecule has 0 bridgehead atoms. The molecular weight excluding hydrogens is 222 g/mol. The molecule has 1 aromatic carbocycles. The van der Waals surface area contributed by atoms with Crippen LogP contribution in [0.1, 0.15) is 38.7 Å². The molecule has 98 valence electrons. The van der Waals surface area contributed by atoms with Crippen molar-refractivity contribution >= 4 is 11.6 Å². The van der Waals surface area contributed by atoms with Gasteiger partial charge in [0.05, 0.1) is 12.1 Å². The number of hydrogen-bond acceptors (Lipinski definition) is 3. The zero-order valence-electron chi connectivity index (χ0n) is 11.6. The summed E-state index contributed by atoms with van der Waals surface area (Å²) >= 11 is 0. The van der Waals surface area contributed by atoms with Crippen molar-refractivity contribution < 1.29 is 0 Å². The van der Waals surface area contributed by atoms with Gasteiger partial charge in [-0.25, -0.2) is 0 Å². The van der Waals surface area contributed by atoms with Crippen molar-refractivity contribution in [3.8, 4) is 0 Å². The van der Waals surface area contributed by atoms with Gasteiger partial charge in [-0.3, -0.25) is 4.99 Å². The van der Waals surface area contributed by atoms with Crippen molar-refractivity contribution in [2.45, 2.75) is 45.6 Å². The summed E-state index contributed by atoms with van der Waals surface area (Å²) in [6, 6.07) is 8.55. The van der Waals surface area contributed by atoms with Crippen LogP contribution >= 0.6 is 0 Å². The Hall–Kier alpha value is -1.51. The van der Waals surface area contributed by atoms with E-state index in [-0.39, 0.29) is 5.54 Å². The zero-order valence-corrected chi connectivity index (χ0v) is 11.6. The minimum atomic E-state index is 0.0775. The maximum Gasteiger partial charge on any atom is 0.196 e. The van der Waals surface area contributed by atoms with E-state index in [1.54, 1.807) is 0 Å². The van der Waals surface area contributed by atoms with Gasteiger partial charge >= 0.3 is 0 Å². The molecule has 1 aromatic rings. The summed E-state index contributed by atoms with van der Waals surface area (Å²) in [5.41, 5.74) is 8.62. The summed E-state index contributed by atoms with van der Waals surface area (Å²) in [6.45, 7) is 7.37. The molecule has 2 N–H and O–H groups in total. The molecule has 0 radical (unpaired) electrons. The van der Waals surface area contributed by atoms with Gasteiger partial charge in [-0.2, -0.15) is 0 Å². The summed E-state index contributed by atoms with van der Waals surface area (Å²) in [7, 11) is 0. The van der Waals surface area contributed by atoms with Gasteiger partial charge in [0.2, 0.25) is 0 Å². The number of nitrogens with two attached hydrogens (primary N) is 1. The second kappa shape index (κ2) is 5.01. The first-order valence-electron chi connectivity index (χ1n) is 6.80. The smallest absolute Gasteiger partial charge is 0.196 e. The zero-order chi connectivity index (χ0) is 13.2. The molecule has 1 atom stereocenters. The molecule has 2 rings (SSSR count). The molecule has 0 aromatic heterocycles. The number of aryl methyl sites for hydroxylation is 1. The van der Waals surface area contributed by atoms with Crippen LogP contribution in [-0.2, 0) is 0 Å². The number of guanidine groups is 1. The Bertz CT molecular complexity index is 436. The first-order valence-corrected chi connectivity index (χ1v) is 6.80. The highest BCUT2D eigenvalue weighted by atomic mass is 15.4. The van der Waals surface area contributed by atoms with Crippen molar-refractivity contribution in [3.05, 3.63) is 29.8 Å². The summed E-state index contributed by atoms with van der Waals surface area (Å²) in [5, 5.41) is 0. The van der Waals surface area contributed by atoms with E-state index in [0.717, 1.165) is 31.5 Å². The van der Waals surface area contributed by atoms with Gasteiger partial charge in [0.1, 0.15) is 0 Å². The van der Waals surface area contributed by atoms with Crippen LogP contribution in [-0.4, -0.2) is 18.0 Å². The molecule has 1 heterocycles. The molecule has 1 aliphatic rings. The van der Waals surface area contributed by atoms with E-state index in [9.17, 15) is 0 Å². The van der Waals surface area contributed by atoms with Gasteiger partial charge in [0.25, 0.3) is 0 Å². The molecule has 0 aliphatic carbocycles. The Morgan fingerprint density at radius 2 is 1.94 bits per heavy atom. The standard InChI is InChI=1S/C15H23N3/c1-4-10-15(5-2)11-17-14(16)18(15)13-8-6-12(3)7-9-13/h6-9H,4-5,10-11H2,1-3H3,(H2,16,17). The van der Waals surface area contributed by atoms with Gasteiger partial charge in [0, 0.05) is 5.69 Å². The fraction of sp³-hybridized carbons (Fsp3) is 0.533. The Morgan fingerprint density at radius 3 is 2.50 bits per heavy atom. The molecular formula is C15H23N3. The summed E-state index contributed by atoms with van der Waals surface area (Å²) in [6.07, 6.45) is 3.35. The highest BCUT2D eigenvalue weighted by molar-refractivity contribution is 5.98. The van der Waals surface area contributed by atoms with E-state index in [1.165, 1.54) is 5.56 Å². The maximum atomic E-state index is 6.11. The largest absolute Gasteiger partial charge is 0.369 e. The number of aliphatic imine (C=N–C) groups is 1. The minimum absolute atomic E-state index is 0.0775. The Balaban J connectivity index is 2.37. The summed E-state index contributed by atoms with van der Waals surface area (Å²) in [5.74, 6) is 0.661. The van der Waals surface area contributed by atoms with Gasteiger partial charge in [-0.15, -0.1) is 0 Å². The summed E-state index contributed by atoms with van der Waals surface area (Å²) in [4.78, 5) is 6.71. The van der Waals surface area contributed by atoms with E-state index in [2.05, 4.69) is 54.9 Å². The third-order valence-electron chi connectivity index (χ3n) is 3.90. The average Bonchev–Trinajstić information content (AvgIpc) is 2.69. The average molecular weight is 245 g/mol. The summed E-state index contributed by atoms with van der Waals surface area (Å²) < 4.78 is 0. The highest BCUT2D eigenvalue weighted by Gasteiger charge is 2.40. The van der Waals surface area contributed by atoms with E-state index >= 15 is 0 Å². The van der Waals surface area contributed by atoms with Crippen LogP contribution < -0.4 is 10.6 Å². The molecule has 18 heavy (non-hydrogen) atoms. The van der Waals surface area contributed by atoms with E-state index in [0.29, 0.717) is 5.96 Å². The fourth-order valence-electron chi connectivity index (χ4n) is 2.82. The quantitative estimate of drug-likeness (QED) is 0.885. The topological polar surface area (TPSA) is 41.6 Å². The highest BCUT2D eigenvalue weighted by Crippen LogP contribution is 2.34. The number of hydrogen-bond donors (Lipinski definition) is 1. The van der Waals surface area contributed by atoms with E-state index in [1.807, 2.05) is 0 Å². The molecule has 3 heteroatoms. The van der Waals surface area contributed by atoms with Crippen LogP contribution in [0.3, 0.4) is 0 Å². The predicted molar refractivity (Wildman–Crippen MR) is 78.1 cm³/mol. The molecule has 1 unspecified atom stereocenters. The Kier molecular flexibility index (Phi) is 3.60. The number of benzene rings is 1. The second-order valence-corrected chi connectivity index (χ2v) is 5.17. The Labute approximate surface area is 110 Å². The first kappa shape index (κ1) is 12.9. The van der Waals surface area contributed by atoms with Crippen molar-refractivity contribution in [1.29, 1.82) is 0 Å². The Morgan fingerprint density at radius 1 is 1.28 bits per heavy atom. The van der Waals surface area contributed by atoms with E-state index < -0.39 is 0 Å². The molecule has 0 amide bonds. The monoisotopic (exact) mass is 245 g/mol. The molecule has 1 aliphatic heterocycles. The van der Waals surface area contributed by atoms with Crippen LogP contribution in [0.2, 0.25) is 0 Å². The van der Waals surface area contributed by atoms with Crippen LogP contribution in [0.15, 0.2) is 29.3 Å². The third-order valence-corrected chi connectivity index (χ3v) is 3.90. The fourth-order valence-corrected chi connectivity index (χ4v) is 2.82. The predicted octanol–water partition coefficient (Wildman–Crippen LogP) is 3.08. The molecule has 0 fully saturated rings. The number of nitrogens with zero attached hydrogens (tertiary/aromatic N) is 2. The van der Waals surface area contributed by atoms with Gasteiger partial charge in [0.15, 0.2) is 5.96 Å². The van der Waals surface area contributed by atoms with Gasteiger partial charge in [-0.1, -0.05) is 38.0 Å². The van der Waals surface area contributed by atoms with Crippen molar-refractivity contribution in [3.63, 3.8) is 0 Å². The minimum Gasteiger partial charge on any atom is -0.369 e. The van der Waals surface area contributed by atoms with Crippen molar-refractivity contribution in [2.75, 3.05) is 11.4 Å². The van der Waals surface area contributed by atoms with E-state index in [4.69, 9.17) is 5.73 Å².